The van der Waals surface area contributed by atoms with Crippen LogP contribution in [0.25, 0.3) is 0 Å². The molecule has 0 spiro atoms. The zero-order chi connectivity index (χ0) is 47.9. The molecule has 0 radical (unpaired) electrons. The van der Waals surface area contributed by atoms with Crippen molar-refractivity contribution < 1.29 is 24.5 Å². The molecule has 0 aliphatic heterocycles. The Balaban J connectivity index is 3.45. The molecule has 2 atom stereocenters. The van der Waals surface area contributed by atoms with Crippen LogP contribution >= 0.6 is 0 Å². The van der Waals surface area contributed by atoms with Crippen molar-refractivity contribution >= 4 is 11.9 Å². The smallest absolute Gasteiger partial charge is 0.305 e. The second-order valence-electron chi connectivity index (χ2n) is 20.0. The number of unbranched alkanes of at least 4 members (excludes halogenated alkanes) is 37. The number of ether oxygens (including phenoxy) is 1. The maximum atomic E-state index is 12.5. The van der Waals surface area contributed by atoms with Crippen molar-refractivity contribution in [2.24, 2.45) is 0 Å². The van der Waals surface area contributed by atoms with Crippen LogP contribution in [0.15, 0.2) is 36.5 Å². The van der Waals surface area contributed by atoms with Crippen molar-refractivity contribution in [2.75, 3.05) is 13.2 Å². The molecule has 0 aromatic carbocycles. The van der Waals surface area contributed by atoms with Crippen molar-refractivity contribution in [1.29, 1.82) is 0 Å². The summed E-state index contributed by atoms with van der Waals surface area (Å²) in [7, 11) is 0. The second kappa shape index (κ2) is 55.7. The predicted octanol–water partition coefficient (Wildman–Crippen LogP) is 18.0. The Morgan fingerprint density at radius 1 is 0.424 bits per heavy atom. The third-order valence-electron chi connectivity index (χ3n) is 13.4. The minimum absolute atomic E-state index is 0.0114. The summed E-state index contributed by atoms with van der Waals surface area (Å²) in [4.78, 5) is 24.5. The highest BCUT2D eigenvalue weighted by Gasteiger charge is 2.20. The molecule has 0 saturated carbocycles. The average Bonchev–Trinajstić information content (AvgIpc) is 3.32. The third kappa shape index (κ3) is 51.5. The van der Waals surface area contributed by atoms with Gasteiger partial charge in [0, 0.05) is 12.8 Å². The molecule has 388 valence electrons. The molecule has 0 rings (SSSR count). The summed E-state index contributed by atoms with van der Waals surface area (Å²) >= 11 is 0. The lowest BCUT2D eigenvalue weighted by Crippen LogP contribution is -2.45. The van der Waals surface area contributed by atoms with Gasteiger partial charge in [-0.05, 0) is 77.0 Å². The number of aliphatic hydroxyl groups excluding tert-OH is 2. The maximum absolute atomic E-state index is 12.5. The van der Waals surface area contributed by atoms with Crippen molar-refractivity contribution in [1.82, 2.24) is 5.32 Å². The zero-order valence-electron chi connectivity index (χ0n) is 44.2. The molecular weight excluding hydrogens is 815 g/mol. The lowest BCUT2D eigenvalue weighted by atomic mass is 10.0. The molecule has 0 fully saturated rings. The van der Waals surface area contributed by atoms with Gasteiger partial charge in [-0.15, -0.1) is 0 Å². The van der Waals surface area contributed by atoms with Crippen molar-refractivity contribution in [3.8, 4) is 0 Å². The van der Waals surface area contributed by atoms with Crippen LogP contribution in [0.2, 0.25) is 0 Å². The lowest BCUT2D eigenvalue weighted by Gasteiger charge is -2.22. The highest BCUT2D eigenvalue weighted by atomic mass is 16.5. The third-order valence-corrected chi connectivity index (χ3v) is 13.4. The van der Waals surface area contributed by atoms with Crippen LogP contribution in [-0.4, -0.2) is 47.4 Å². The fourth-order valence-electron chi connectivity index (χ4n) is 8.91. The minimum atomic E-state index is -0.671. The number of amides is 1. The Morgan fingerprint density at radius 2 is 0.788 bits per heavy atom. The first-order chi connectivity index (χ1) is 32.5. The van der Waals surface area contributed by atoms with Gasteiger partial charge in [0.15, 0.2) is 0 Å². The normalized spacial score (nSPS) is 12.8. The number of rotatable bonds is 54. The van der Waals surface area contributed by atoms with Crippen LogP contribution < -0.4 is 5.32 Å². The number of hydrogen-bond acceptors (Lipinski definition) is 5. The molecule has 0 saturated heterocycles. The van der Waals surface area contributed by atoms with Gasteiger partial charge in [0.05, 0.1) is 25.4 Å². The largest absolute Gasteiger partial charge is 0.466 e. The van der Waals surface area contributed by atoms with E-state index in [0.717, 1.165) is 57.8 Å². The standard InChI is InChI=1S/C60H113NO5/c1-3-5-7-9-11-13-15-17-18-22-25-29-32-36-40-44-48-52-58(63)57(56-62)61-59(64)53-49-45-41-37-33-30-26-23-20-19-21-24-27-31-35-39-43-47-51-55-66-60(65)54-50-46-42-38-34-28-16-14-12-10-8-6-4-2/h8,10,14,16,19-20,57-58,62-63H,3-7,9,11-13,15,17-18,21-56H2,1-2H3,(H,61,64)/b10-8-,16-14-,20-19-. The van der Waals surface area contributed by atoms with Gasteiger partial charge in [0.1, 0.15) is 0 Å². The number of hydrogen-bond donors (Lipinski definition) is 3. The van der Waals surface area contributed by atoms with Crippen LogP contribution in [-0.2, 0) is 14.3 Å². The molecule has 0 heterocycles. The molecule has 66 heavy (non-hydrogen) atoms. The summed E-state index contributed by atoms with van der Waals surface area (Å²) in [5, 5.41) is 23.3. The van der Waals surface area contributed by atoms with Gasteiger partial charge in [0.2, 0.25) is 5.91 Å². The highest BCUT2D eigenvalue weighted by molar-refractivity contribution is 5.76. The first-order valence-corrected chi connectivity index (χ1v) is 29.2. The Labute approximate surface area is 411 Å². The van der Waals surface area contributed by atoms with E-state index < -0.39 is 12.1 Å². The van der Waals surface area contributed by atoms with Crippen molar-refractivity contribution in [3.05, 3.63) is 36.5 Å². The number of carbonyl (C=O) groups is 2. The van der Waals surface area contributed by atoms with Crippen molar-refractivity contribution in [2.45, 2.75) is 321 Å². The molecule has 0 aromatic rings. The van der Waals surface area contributed by atoms with E-state index in [1.807, 2.05) is 0 Å². The van der Waals surface area contributed by atoms with E-state index in [9.17, 15) is 19.8 Å². The van der Waals surface area contributed by atoms with Crippen LogP contribution in [0.4, 0.5) is 0 Å². The molecule has 2 unspecified atom stereocenters. The summed E-state index contributed by atoms with van der Waals surface area (Å²) < 4.78 is 5.46. The second-order valence-corrected chi connectivity index (χ2v) is 20.0. The summed E-state index contributed by atoms with van der Waals surface area (Å²) in [6.07, 6.45) is 68.5. The molecule has 3 N–H and O–H groups in total. The Bertz CT molecular complexity index is 1070. The highest BCUT2D eigenvalue weighted by Crippen LogP contribution is 2.17. The predicted molar refractivity (Wildman–Crippen MR) is 287 cm³/mol. The minimum Gasteiger partial charge on any atom is -0.466 e. The van der Waals surface area contributed by atoms with Crippen LogP contribution in [0.1, 0.15) is 309 Å². The lowest BCUT2D eigenvalue weighted by molar-refractivity contribution is -0.143. The van der Waals surface area contributed by atoms with Crippen LogP contribution in [0, 0.1) is 0 Å². The van der Waals surface area contributed by atoms with E-state index >= 15 is 0 Å². The van der Waals surface area contributed by atoms with E-state index in [2.05, 4.69) is 55.6 Å². The number of esters is 1. The van der Waals surface area contributed by atoms with Crippen molar-refractivity contribution in [3.63, 3.8) is 0 Å². The molecule has 0 aliphatic carbocycles. The Kier molecular flexibility index (Phi) is 54.1. The molecule has 6 heteroatoms. The maximum Gasteiger partial charge on any atom is 0.305 e. The van der Waals surface area contributed by atoms with Gasteiger partial charge in [0.25, 0.3) is 0 Å². The molecular formula is C60H113NO5. The molecule has 6 nitrogen and oxygen atoms in total. The number of aliphatic hydroxyl groups is 2. The quantitative estimate of drug-likeness (QED) is 0.0321. The summed E-state index contributed by atoms with van der Waals surface area (Å²) in [6.45, 7) is 4.88. The van der Waals surface area contributed by atoms with Gasteiger partial charge < -0.3 is 20.3 Å². The topological polar surface area (TPSA) is 95.9 Å². The van der Waals surface area contributed by atoms with Gasteiger partial charge in [-0.2, -0.15) is 0 Å². The first kappa shape index (κ1) is 64.1. The fraction of sp³-hybridized carbons (Fsp3) is 0.867. The Morgan fingerprint density at radius 3 is 1.23 bits per heavy atom. The monoisotopic (exact) mass is 928 g/mol. The molecule has 0 aliphatic rings. The van der Waals surface area contributed by atoms with Crippen LogP contribution in [0.5, 0.6) is 0 Å². The fourth-order valence-corrected chi connectivity index (χ4v) is 8.91. The summed E-state index contributed by atoms with van der Waals surface area (Å²) in [5.41, 5.74) is 0. The van der Waals surface area contributed by atoms with E-state index in [4.69, 9.17) is 4.74 Å². The van der Waals surface area contributed by atoms with E-state index in [1.165, 1.54) is 218 Å². The zero-order valence-corrected chi connectivity index (χ0v) is 44.2. The molecule has 1 amide bonds. The van der Waals surface area contributed by atoms with E-state index in [1.54, 1.807) is 0 Å². The molecule has 0 aromatic heterocycles. The van der Waals surface area contributed by atoms with Gasteiger partial charge in [-0.25, -0.2) is 0 Å². The average molecular weight is 929 g/mol. The SMILES string of the molecule is CCC/C=C\C/C=C\CCCCCCCC(=O)OCCCCCCCCCC/C=C\CCCCCCCCCC(=O)NC(CO)C(O)CCCCCCCCCCCCCCCCCCC. The van der Waals surface area contributed by atoms with E-state index in [0.29, 0.717) is 25.9 Å². The van der Waals surface area contributed by atoms with Crippen LogP contribution in [0.3, 0.4) is 0 Å². The molecule has 0 bridgehead atoms. The summed E-state index contributed by atoms with van der Waals surface area (Å²) in [6, 6.07) is -0.549. The number of carbonyl (C=O) groups excluding carboxylic acids is 2. The van der Waals surface area contributed by atoms with Gasteiger partial charge in [-0.1, -0.05) is 256 Å². The first-order valence-electron chi connectivity index (χ1n) is 29.2. The Hall–Kier alpha value is -1.92. The summed E-state index contributed by atoms with van der Waals surface area (Å²) in [5.74, 6) is -0.0550. The number of nitrogens with one attached hydrogen (secondary N) is 1. The van der Waals surface area contributed by atoms with E-state index in [-0.39, 0.29) is 18.5 Å². The van der Waals surface area contributed by atoms with Gasteiger partial charge in [-0.3, -0.25) is 9.59 Å². The van der Waals surface area contributed by atoms with Gasteiger partial charge >= 0.3 is 5.97 Å². The number of allylic oxidation sites excluding steroid dienone is 6.